The molecule has 1 nitrogen and oxygen atoms in total. The summed E-state index contributed by atoms with van der Waals surface area (Å²) in [5.74, 6) is 0. The molecule has 60 valence electrons. The predicted octanol–water partition coefficient (Wildman–Crippen LogP) is -1.16. The van der Waals surface area contributed by atoms with Crippen LogP contribution in [0, 0.1) is 0 Å². The molecule has 0 aliphatic carbocycles. The summed E-state index contributed by atoms with van der Waals surface area (Å²) in [6.45, 7) is 2.31. The first kappa shape index (κ1) is 10.2. The van der Waals surface area contributed by atoms with E-state index in [2.05, 4.69) is 4.58 Å². The second-order valence-electron chi connectivity index (χ2n) is 2.55. The molecule has 1 heterocycles. The molecule has 1 aliphatic rings. The largest absolute Gasteiger partial charge is 1.00 e. The topological polar surface area (TPSA) is 3.01 Å². The van der Waals surface area contributed by atoms with Crippen molar-refractivity contribution in [2.24, 2.45) is 0 Å². The third kappa shape index (κ3) is 3.43. The third-order valence-corrected chi connectivity index (χ3v) is 2.05. The van der Waals surface area contributed by atoms with Gasteiger partial charge in [-0.3, -0.25) is 0 Å². The van der Waals surface area contributed by atoms with Gasteiger partial charge in [0.25, 0.3) is 0 Å². The van der Waals surface area contributed by atoms with Crippen molar-refractivity contribution >= 4 is 17.3 Å². The Labute approximate surface area is 73.5 Å². The van der Waals surface area contributed by atoms with Gasteiger partial charge in [0.1, 0.15) is 13.1 Å². The van der Waals surface area contributed by atoms with Crippen LogP contribution >= 0.6 is 11.6 Å². The van der Waals surface area contributed by atoms with Crippen LogP contribution in [0.25, 0.3) is 0 Å². The highest BCUT2D eigenvalue weighted by atomic mass is 35.5. The average molecular weight is 182 g/mol. The van der Waals surface area contributed by atoms with Crippen LogP contribution in [0.5, 0.6) is 0 Å². The molecule has 0 N–H and O–H groups in total. The molecule has 1 aliphatic heterocycles. The summed E-state index contributed by atoms with van der Waals surface area (Å²) in [7, 11) is 0. The van der Waals surface area contributed by atoms with Gasteiger partial charge in [-0.2, -0.15) is 0 Å². The fraction of sp³-hybridized carbons (Fsp3) is 0.857. The van der Waals surface area contributed by atoms with Crippen LogP contribution in [0.2, 0.25) is 0 Å². The molecule has 0 radical (unpaired) electrons. The molecule has 3 heteroatoms. The van der Waals surface area contributed by atoms with Gasteiger partial charge in [0.05, 0.1) is 0 Å². The fourth-order valence-corrected chi connectivity index (χ4v) is 1.39. The highest BCUT2D eigenvalue weighted by Gasteiger charge is 2.06. The first-order valence-corrected chi connectivity index (χ1v) is 4.05. The van der Waals surface area contributed by atoms with E-state index < -0.39 is 0 Å². The van der Waals surface area contributed by atoms with Crippen molar-refractivity contribution in [1.29, 1.82) is 0 Å². The SMILES string of the molecule is ClC=[N+]1CCCCCC1.[Cl-]. The molecule has 0 bridgehead atoms. The molecule has 0 atom stereocenters. The Bertz CT molecular complexity index is 102. The van der Waals surface area contributed by atoms with Crippen molar-refractivity contribution in [3.05, 3.63) is 0 Å². The zero-order chi connectivity index (χ0) is 6.53. The van der Waals surface area contributed by atoms with Gasteiger partial charge in [0, 0.05) is 12.8 Å². The van der Waals surface area contributed by atoms with Crippen molar-refractivity contribution in [2.45, 2.75) is 25.7 Å². The molecule has 0 aromatic rings. The molecule has 1 saturated heterocycles. The standard InChI is InChI=1S/C7H13ClN.ClH/c8-7-9-5-3-1-2-4-6-9;/h7H,1-6H2;1H/q+1;/p-1. The van der Waals surface area contributed by atoms with E-state index >= 15 is 0 Å². The Kier molecular flexibility index (Phi) is 6.14. The average Bonchev–Trinajstić information content (AvgIpc) is 2.13. The fourth-order valence-electron chi connectivity index (χ4n) is 1.19. The summed E-state index contributed by atoms with van der Waals surface area (Å²) >= 11 is 5.55. The molecule has 0 unspecified atom stereocenters. The summed E-state index contributed by atoms with van der Waals surface area (Å²) in [6.07, 6.45) is 5.37. The van der Waals surface area contributed by atoms with E-state index in [-0.39, 0.29) is 12.4 Å². The van der Waals surface area contributed by atoms with Crippen molar-refractivity contribution in [3.8, 4) is 0 Å². The van der Waals surface area contributed by atoms with Crippen molar-refractivity contribution in [2.75, 3.05) is 13.1 Å². The van der Waals surface area contributed by atoms with Gasteiger partial charge in [0.15, 0.2) is 0 Å². The highest BCUT2D eigenvalue weighted by Crippen LogP contribution is 2.05. The van der Waals surface area contributed by atoms with Crippen molar-refractivity contribution < 1.29 is 17.0 Å². The van der Waals surface area contributed by atoms with Crippen LogP contribution in [0.3, 0.4) is 0 Å². The van der Waals surface area contributed by atoms with E-state index in [1.807, 2.05) is 0 Å². The quantitative estimate of drug-likeness (QED) is 0.416. The Morgan fingerprint density at radius 3 is 1.90 bits per heavy atom. The first-order valence-electron chi connectivity index (χ1n) is 3.61. The summed E-state index contributed by atoms with van der Waals surface area (Å²) in [4.78, 5) is 0. The number of halogens is 2. The van der Waals surface area contributed by atoms with E-state index in [0.29, 0.717) is 0 Å². The maximum atomic E-state index is 5.55. The van der Waals surface area contributed by atoms with E-state index in [4.69, 9.17) is 11.6 Å². The van der Waals surface area contributed by atoms with Crippen molar-refractivity contribution in [1.82, 2.24) is 0 Å². The molecule has 0 spiro atoms. The highest BCUT2D eigenvalue weighted by molar-refractivity contribution is 6.54. The van der Waals surface area contributed by atoms with Crippen LogP contribution < -0.4 is 12.4 Å². The van der Waals surface area contributed by atoms with Gasteiger partial charge >= 0.3 is 0 Å². The maximum absolute atomic E-state index is 5.55. The molecule has 10 heavy (non-hydrogen) atoms. The second kappa shape index (κ2) is 5.99. The second-order valence-corrected chi connectivity index (χ2v) is 2.74. The summed E-state index contributed by atoms with van der Waals surface area (Å²) in [6, 6.07) is 0. The number of rotatable bonds is 0. The molecule has 0 amide bonds. The van der Waals surface area contributed by atoms with Crippen LogP contribution in [-0.4, -0.2) is 23.3 Å². The Hall–Kier alpha value is 0.250. The van der Waals surface area contributed by atoms with Gasteiger partial charge in [-0.1, -0.05) is 0 Å². The summed E-state index contributed by atoms with van der Waals surface area (Å²) in [5.41, 5.74) is 1.69. The lowest BCUT2D eigenvalue weighted by atomic mass is 10.2. The minimum Gasteiger partial charge on any atom is -1.00 e. The molecular formula is C7H13Cl2N. The van der Waals surface area contributed by atoms with Crippen molar-refractivity contribution in [3.63, 3.8) is 0 Å². The van der Waals surface area contributed by atoms with E-state index in [9.17, 15) is 0 Å². The van der Waals surface area contributed by atoms with E-state index in [1.54, 1.807) is 5.67 Å². The zero-order valence-electron chi connectivity index (χ0n) is 6.02. The van der Waals surface area contributed by atoms with E-state index in [1.165, 1.54) is 25.7 Å². The minimum absolute atomic E-state index is 0. The molecular weight excluding hydrogens is 169 g/mol. The molecule has 1 rings (SSSR count). The van der Waals surface area contributed by atoms with Crippen LogP contribution in [0.4, 0.5) is 0 Å². The number of nitrogens with zero attached hydrogens (tertiary/aromatic N) is 1. The zero-order valence-corrected chi connectivity index (χ0v) is 7.53. The van der Waals surface area contributed by atoms with Gasteiger partial charge in [-0.25, -0.2) is 4.58 Å². The van der Waals surface area contributed by atoms with Crippen LogP contribution in [0.1, 0.15) is 25.7 Å². The number of hydrogen-bond donors (Lipinski definition) is 0. The number of hydrogen-bond acceptors (Lipinski definition) is 0. The Balaban J connectivity index is 0.000000810. The van der Waals surface area contributed by atoms with Gasteiger partial charge in [-0.15, -0.1) is 0 Å². The first-order chi connectivity index (χ1) is 4.43. The van der Waals surface area contributed by atoms with Crippen LogP contribution in [-0.2, 0) is 0 Å². The molecule has 1 fully saturated rings. The lowest BCUT2D eigenvalue weighted by Gasteiger charge is -1.92. The molecule has 0 aromatic carbocycles. The van der Waals surface area contributed by atoms with Gasteiger partial charge in [-0.05, 0) is 24.4 Å². The Morgan fingerprint density at radius 2 is 1.50 bits per heavy atom. The van der Waals surface area contributed by atoms with Gasteiger partial charge in [0.2, 0.25) is 5.67 Å². The molecule has 0 aromatic heterocycles. The van der Waals surface area contributed by atoms with Crippen LogP contribution in [0.15, 0.2) is 0 Å². The van der Waals surface area contributed by atoms with Gasteiger partial charge < -0.3 is 12.4 Å². The monoisotopic (exact) mass is 181 g/mol. The van der Waals surface area contributed by atoms with E-state index in [0.717, 1.165) is 13.1 Å². The lowest BCUT2D eigenvalue weighted by Crippen LogP contribution is -3.00. The lowest BCUT2D eigenvalue weighted by molar-refractivity contribution is -0.519. The summed E-state index contributed by atoms with van der Waals surface area (Å²) < 4.78 is 2.19. The molecule has 0 saturated carbocycles. The minimum atomic E-state index is 0. The Morgan fingerprint density at radius 1 is 1.00 bits per heavy atom. The summed E-state index contributed by atoms with van der Waals surface area (Å²) in [5, 5.41) is 0. The normalized spacial score (nSPS) is 19.1. The maximum Gasteiger partial charge on any atom is 0.232 e. The smallest absolute Gasteiger partial charge is 0.232 e. The third-order valence-electron chi connectivity index (χ3n) is 1.78. The predicted molar refractivity (Wildman–Crippen MR) is 40.4 cm³/mol.